The predicted octanol–water partition coefficient (Wildman–Crippen LogP) is -0.169. The first kappa shape index (κ1) is 18.7. The number of carbonyl (C=O) groups is 4. The van der Waals surface area contributed by atoms with Crippen molar-refractivity contribution < 1.29 is 23.6 Å². The summed E-state index contributed by atoms with van der Waals surface area (Å²) >= 11 is 0. The lowest BCUT2D eigenvalue weighted by atomic mass is 10.0. The summed E-state index contributed by atoms with van der Waals surface area (Å²) in [7, 11) is 0. The van der Waals surface area contributed by atoms with E-state index in [-0.39, 0.29) is 24.4 Å². The average Bonchev–Trinajstić information content (AvgIpc) is 2.94. The number of fused-ring (bicyclic) bond motifs is 1. The van der Waals surface area contributed by atoms with Crippen LogP contribution in [0, 0.1) is 0 Å². The zero-order chi connectivity index (χ0) is 19.8. The molecule has 0 bridgehead atoms. The summed E-state index contributed by atoms with van der Waals surface area (Å²) in [5.74, 6) is -2.06. The van der Waals surface area contributed by atoms with Crippen LogP contribution in [0.1, 0.15) is 39.1 Å². The molecule has 2 N–H and O–H groups in total. The van der Waals surface area contributed by atoms with E-state index in [2.05, 4.69) is 10.6 Å². The molecule has 9 heteroatoms. The summed E-state index contributed by atoms with van der Waals surface area (Å²) in [6.07, 6.45) is 0.212. The third kappa shape index (κ3) is 3.20. The molecule has 4 rings (SSSR count). The third-order valence-electron chi connectivity index (χ3n) is 5.47. The van der Waals surface area contributed by atoms with Gasteiger partial charge >= 0.3 is 0 Å². The number of alkyl halides is 1. The van der Waals surface area contributed by atoms with Crippen molar-refractivity contribution in [1.82, 2.24) is 20.4 Å². The molecule has 0 aromatic heterocycles. The first-order valence-electron chi connectivity index (χ1n) is 9.34. The fourth-order valence-corrected chi connectivity index (χ4v) is 4.10. The topological polar surface area (TPSA) is 98.8 Å². The Kier molecular flexibility index (Phi) is 4.94. The van der Waals surface area contributed by atoms with Gasteiger partial charge in [-0.15, -0.1) is 0 Å². The first-order valence-corrected chi connectivity index (χ1v) is 9.34. The van der Waals surface area contributed by atoms with E-state index in [9.17, 15) is 23.6 Å². The molecule has 28 heavy (non-hydrogen) atoms. The maximum absolute atomic E-state index is 13.1. The molecule has 2 unspecified atom stereocenters. The maximum Gasteiger partial charge on any atom is 0.262 e. The fraction of sp³-hybridized carbons (Fsp3) is 0.474. The summed E-state index contributed by atoms with van der Waals surface area (Å²) in [5.41, 5.74) is 1.25. The molecule has 3 heterocycles. The van der Waals surface area contributed by atoms with Gasteiger partial charge < -0.3 is 5.32 Å². The summed E-state index contributed by atoms with van der Waals surface area (Å²) in [5, 5.41) is 5.28. The zero-order valence-corrected chi connectivity index (χ0v) is 15.2. The highest BCUT2D eigenvalue weighted by Gasteiger charge is 2.45. The lowest BCUT2D eigenvalue weighted by Crippen LogP contribution is -2.54. The summed E-state index contributed by atoms with van der Waals surface area (Å²) < 4.78 is 13.0. The van der Waals surface area contributed by atoms with Crippen LogP contribution in [0.2, 0.25) is 0 Å². The number of benzene rings is 1. The molecule has 0 saturated carbocycles. The number of carbonyl (C=O) groups excluding carboxylic acids is 4. The number of halogens is 1. The highest BCUT2D eigenvalue weighted by atomic mass is 19.1. The number of nitrogens with one attached hydrogen (secondary N) is 2. The van der Waals surface area contributed by atoms with Gasteiger partial charge in [0.2, 0.25) is 11.8 Å². The monoisotopic (exact) mass is 388 g/mol. The van der Waals surface area contributed by atoms with Crippen molar-refractivity contribution >= 4 is 23.6 Å². The molecule has 0 spiro atoms. The molecular weight excluding hydrogens is 367 g/mol. The second-order valence-corrected chi connectivity index (χ2v) is 7.33. The van der Waals surface area contributed by atoms with Gasteiger partial charge in [-0.05, 0) is 18.1 Å². The molecule has 148 valence electrons. The number of hydrogen-bond acceptors (Lipinski definition) is 6. The van der Waals surface area contributed by atoms with E-state index in [0.29, 0.717) is 37.3 Å². The lowest BCUT2D eigenvalue weighted by molar-refractivity contribution is -0.136. The Bertz CT molecular complexity index is 858. The molecule has 0 radical (unpaired) electrons. The molecule has 2 fully saturated rings. The summed E-state index contributed by atoms with van der Waals surface area (Å²) in [4.78, 5) is 52.5. The minimum Gasteiger partial charge on any atom is -0.309 e. The van der Waals surface area contributed by atoms with Gasteiger partial charge in [0, 0.05) is 38.6 Å². The minimum atomic E-state index is -0.979. The van der Waals surface area contributed by atoms with Crippen LogP contribution < -0.4 is 10.6 Å². The number of piperazine rings is 1. The quantitative estimate of drug-likeness (QED) is 0.695. The molecule has 1 aromatic carbocycles. The van der Waals surface area contributed by atoms with Crippen LogP contribution in [0.5, 0.6) is 0 Å². The van der Waals surface area contributed by atoms with Crippen molar-refractivity contribution in [2.24, 2.45) is 0 Å². The number of rotatable bonds is 4. The number of imide groups is 2. The smallest absolute Gasteiger partial charge is 0.262 e. The Morgan fingerprint density at radius 2 is 1.96 bits per heavy atom. The van der Waals surface area contributed by atoms with E-state index in [1.165, 1.54) is 0 Å². The van der Waals surface area contributed by atoms with Crippen molar-refractivity contribution in [3.05, 3.63) is 34.9 Å². The van der Waals surface area contributed by atoms with Crippen molar-refractivity contribution in [2.45, 2.75) is 31.5 Å². The van der Waals surface area contributed by atoms with Crippen molar-refractivity contribution in [2.75, 3.05) is 26.3 Å². The SMILES string of the molecule is O=C1CCC(N2C(=O)c3cccc(CN4CCNC(CF)C4)c3C2=O)C(=O)N1. The minimum absolute atomic E-state index is 0.0854. The lowest BCUT2D eigenvalue weighted by Gasteiger charge is -2.32. The van der Waals surface area contributed by atoms with Crippen molar-refractivity contribution in [1.29, 1.82) is 0 Å². The Labute approximate surface area is 161 Å². The van der Waals surface area contributed by atoms with E-state index < -0.39 is 36.3 Å². The van der Waals surface area contributed by atoms with Crippen molar-refractivity contribution in [3.63, 3.8) is 0 Å². The molecule has 2 atom stereocenters. The van der Waals surface area contributed by atoms with Gasteiger partial charge in [-0.1, -0.05) is 12.1 Å². The van der Waals surface area contributed by atoms with E-state index in [4.69, 9.17) is 0 Å². The van der Waals surface area contributed by atoms with Gasteiger partial charge in [-0.25, -0.2) is 4.39 Å². The average molecular weight is 388 g/mol. The van der Waals surface area contributed by atoms with Crippen LogP contribution >= 0.6 is 0 Å². The van der Waals surface area contributed by atoms with Crippen LogP contribution in [0.3, 0.4) is 0 Å². The third-order valence-corrected chi connectivity index (χ3v) is 5.47. The fourth-order valence-electron chi connectivity index (χ4n) is 4.10. The standard InChI is InChI=1S/C19H21FN4O4/c20-8-12-10-23(7-6-21-12)9-11-2-1-3-13-16(11)19(28)24(18(13)27)14-4-5-15(25)22-17(14)26/h1-3,12,14,21H,4-10H2,(H,22,25,26). The van der Waals surface area contributed by atoms with Crippen LogP contribution in [0.15, 0.2) is 18.2 Å². The molecule has 3 aliphatic heterocycles. The molecule has 3 aliphatic rings. The van der Waals surface area contributed by atoms with Gasteiger partial charge in [-0.2, -0.15) is 0 Å². The van der Waals surface area contributed by atoms with E-state index in [1.54, 1.807) is 18.2 Å². The Hall–Kier alpha value is -2.65. The van der Waals surface area contributed by atoms with E-state index in [0.717, 1.165) is 4.90 Å². The van der Waals surface area contributed by atoms with Crippen LogP contribution in [0.4, 0.5) is 4.39 Å². The molecule has 8 nitrogen and oxygen atoms in total. The van der Waals surface area contributed by atoms with Crippen LogP contribution in [-0.2, 0) is 16.1 Å². The Morgan fingerprint density at radius 3 is 2.71 bits per heavy atom. The molecular formula is C19H21FN4O4. The molecule has 4 amide bonds. The van der Waals surface area contributed by atoms with E-state index in [1.807, 2.05) is 4.90 Å². The van der Waals surface area contributed by atoms with Gasteiger partial charge in [0.1, 0.15) is 12.7 Å². The highest BCUT2D eigenvalue weighted by Crippen LogP contribution is 2.30. The zero-order valence-electron chi connectivity index (χ0n) is 15.2. The summed E-state index contributed by atoms with van der Waals surface area (Å²) in [6, 6.07) is 3.84. The molecule has 0 aliphatic carbocycles. The Balaban J connectivity index is 1.59. The van der Waals surface area contributed by atoms with Gasteiger partial charge in [-0.3, -0.25) is 34.3 Å². The number of nitrogens with zero attached hydrogens (tertiary/aromatic N) is 2. The number of hydrogen-bond donors (Lipinski definition) is 2. The normalized spacial score (nSPS) is 25.8. The maximum atomic E-state index is 13.1. The second kappa shape index (κ2) is 7.40. The number of amides is 4. The largest absolute Gasteiger partial charge is 0.309 e. The van der Waals surface area contributed by atoms with E-state index >= 15 is 0 Å². The first-order chi connectivity index (χ1) is 13.5. The summed E-state index contributed by atoms with van der Waals surface area (Å²) in [6.45, 7) is 1.82. The predicted molar refractivity (Wildman–Crippen MR) is 96.2 cm³/mol. The van der Waals surface area contributed by atoms with Gasteiger partial charge in [0.05, 0.1) is 11.1 Å². The second-order valence-electron chi connectivity index (χ2n) is 7.33. The number of piperidine rings is 1. The molecule has 2 saturated heterocycles. The van der Waals surface area contributed by atoms with Crippen molar-refractivity contribution in [3.8, 4) is 0 Å². The van der Waals surface area contributed by atoms with Gasteiger partial charge in [0.15, 0.2) is 0 Å². The van der Waals surface area contributed by atoms with Crippen LogP contribution in [0.25, 0.3) is 0 Å². The Morgan fingerprint density at radius 1 is 1.14 bits per heavy atom. The van der Waals surface area contributed by atoms with Crippen LogP contribution in [-0.4, -0.2) is 71.8 Å². The van der Waals surface area contributed by atoms with Gasteiger partial charge in [0.25, 0.3) is 11.8 Å². The molecule has 1 aromatic rings. The highest BCUT2D eigenvalue weighted by molar-refractivity contribution is 6.24.